The highest BCUT2D eigenvalue weighted by Crippen LogP contribution is 2.33. The van der Waals surface area contributed by atoms with Crippen molar-refractivity contribution in [2.75, 3.05) is 6.54 Å². The molecule has 4 rings (SSSR count). The zero-order valence-corrected chi connectivity index (χ0v) is 18.7. The number of hydrogen-bond donors (Lipinski definition) is 0. The maximum atomic E-state index is 12.9. The predicted molar refractivity (Wildman–Crippen MR) is 127 cm³/mol. The molecule has 0 radical (unpaired) electrons. The van der Waals surface area contributed by atoms with Crippen molar-refractivity contribution in [3.8, 4) is 0 Å². The van der Waals surface area contributed by atoms with Gasteiger partial charge in [-0.3, -0.25) is 14.5 Å². The minimum Gasteiger partial charge on any atom is -0.344 e. The second kappa shape index (κ2) is 9.40. The lowest BCUT2D eigenvalue weighted by Crippen LogP contribution is -2.29. The van der Waals surface area contributed by atoms with Crippen LogP contribution in [0.2, 0.25) is 0 Å². The topological polar surface area (TPSA) is 42.3 Å². The molecular formula is C26H26N2O2S. The van der Waals surface area contributed by atoms with Crippen molar-refractivity contribution >= 4 is 29.0 Å². The van der Waals surface area contributed by atoms with Gasteiger partial charge in [-0.25, -0.2) is 0 Å². The van der Waals surface area contributed by atoms with Gasteiger partial charge in [0, 0.05) is 24.5 Å². The SMILES string of the molecule is Cc1cc(/C=C2/SC(=O)N(CCCc3ccccc3)C2=O)c(C)n1Cc1ccccc1. The van der Waals surface area contributed by atoms with E-state index in [9.17, 15) is 9.59 Å². The molecular weight excluding hydrogens is 404 g/mol. The Bertz CT molecular complexity index is 1120. The molecule has 2 aromatic carbocycles. The lowest BCUT2D eigenvalue weighted by Gasteiger charge is -2.12. The maximum absolute atomic E-state index is 12.9. The molecule has 1 saturated heterocycles. The highest BCUT2D eigenvalue weighted by atomic mass is 32.2. The first kappa shape index (κ1) is 21.2. The van der Waals surface area contributed by atoms with E-state index in [2.05, 4.69) is 48.7 Å². The maximum Gasteiger partial charge on any atom is 0.293 e. The second-order valence-electron chi connectivity index (χ2n) is 7.82. The zero-order chi connectivity index (χ0) is 21.8. The number of aryl methyl sites for hydroxylation is 2. The predicted octanol–water partition coefficient (Wildman–Crippen LogP) is 5.82. The lowest BCUT2D eigenvalue weighted by molar-refractivity contribution is -0.122. The number of benzene rings is 2. The van der Waals surface area contributed by atoms with Crippen LogP contribution >= 0.6 is 11.8 Å². The van der Waals surface area contributed by atoms with E-state index in [4.69, 9.17) is 0 Å². The summed E-state index contributed by atoms with van der Waals surface area (Å²) in [6.45, 7) is 5.37. The molecule has 5 heteroatoms. The van der Waals surface area contributed by atoms with E-state index in [0.717, 1.165) is 48.1 Å². The van der Waals surface area contributed by atoms with Gasteiger partial charge in [0.1, 0.15) is 0 Å². The molecule has 4 nitrogen and oxygen atoms in total. The van der Waals surface area contributed by atoms with Gasteiger partial charge in [0.2, 0.25) is 0 Å². The molecule has 2 heterocycles. The number of carbonyl (C=O) groups is 2. The monoisotopic (exact) mass is 430 g/mol. The molecule has 158 valence electrons. The normalized spacial score (nSPS) is 15.3. The summed E-state index contributed by atoms with van der Waals surface area (Å²) >= 11 is 1.04. The lowest BCUT2D eigenvalue weighted by atomic mass is 10.1. The molecule has 2 amide bonds. The van der Waals surface area contributed by atoms with Crippen molar-refractivity contribution in [1.82, 2.24) is 9.47 Å². The number of nitrogens with zero attached hydrogens (tertiary/aromatic N) is 2. The molecule has 0 saturated carbocycles. The number of carbonyl (C=O) groups excluding carboxylic acids is 2. The average Bonchev–Trinajstić information content (AvgIpc) is 3.19. The molecule has 1 aliphatic heterocycles. The van der Waals surface area contributed by atoms with Crippen molar-refractivity contribution in [2.45, 2.75) is 33.2 Å². The van der Waals surface area contributed by atoms with E-state index in [-0.39, 0.29) is 11.1 Å². The molecule has 1 aromatic heterocycles. The van der Waals surface area contributed by atoms with Crippen LogP contribution in [0.4, 0.5) is 4.79 Å². The van der Waals surface area contributed by atoms with Gasteiger partial charge in [-0.2, -0.15) is 0 Å². The van der Waals surface area contributed by atoms with E-state index in [0.29, 0.717) is 11.4 Å². The molecule has 31 heavy (non-hydrogen) atoms. The third kappa shape index (κ3) is 4.83. The number of aromatic nitrogens is 1. The van der Waals surface area contributed by atoms with Crippen LogP contribution in [0, 0.1) is 13.8 Å². The van der Waals surface area contributed by atoms with Crippen LogP contribution in [-0.2, 0) is 17.8 Å². The van der Waals surface area contributed by atoms with Gasteiger partial charge in [-0.15, -0.1) is 0 Å². The van der Waals surface area contributed by atoms with Gasteiger partial charge < -0.3 is 4.57 Å². The van der Waals surface area contributed by atoms with Gasteiger partial charge in [0.05, 0.1) is 4.91 Å². The summed E-state index contributed by atoms with van der Waals surface area (Å²) in [7, 11) is 0. The summed E-state index contributed by atoms with van der Waals surface area (Å²) < 4.78 is 2.24. The molecule has 0 atom stereocenters. The van der Waals surface area contributed by atoms with Crippen molar-refractivity contribution < 1.29 is 9.59 Å². The summed E-state index contributed by atoms with van der Waals surface area (Å²) in [5.41, 5.74) is 5.67. The Labute approximate surface area is 187 Å². The minimum absolute atomic E-state index is 0.178. The Morgan fingerprint density at radius 2 is 1.55 bits per heavy atom. The smallest absolute Gasteiger partial charge is 0.293 e. The van der Waals surface area contributed by atoms with Gasteiger partial charge in [-0.1, -0.05) is 60.7 Å². The van der Waals surface area contributed by atoms with E-state index in [1.807, 2.05) is 42.5 Å². The number of imide groups is 1. The van der Waals surface area contributed by atoms with Crippen LogP contribution in [0.1, 0.15) is 34.5 Å². The molecule has 3 aromatic rings. The van der Waals surface area contributed by atoms with Crippen molar-refractivity contribution in [2.24, 2.45) is 0 Å². The Hall–Kier alpha value is -3.05. The summed E-state index contributed by atoms with van der Waals surface area (Å²) in [5, 5.41) is -0.178. The fourth-order valence-electron chi connectivity index (χ4n) is 3.90. The molecule has 0 bridgehead atoms. The quantitative estimate of drug-likeness (QED) is 0.443. The summed E-state index contributed by atoms with van der Waals surface area (Å²) in [6.07, 6.45) is 3.48. The van der Waals surface area contributed by atoms with Crippen LogP contribution in [0.3, 0.4) is 0 Å². The second-order valence-corrected chi connectivity index (χ2v) is 8.81. The largest absolute Gasteiger partial charge is 0.344 e. The van der Waals surface area contributed by atoms with Crippen LogP contribution in [0.25, 0.3) is 6.08 Å². The average molecular weight is 431 g/mol. The van der Waals surface area contributed by atoms with Crippen LogP contribution in [0.15, 0.2) is 71.6 Å². The van der Waals surface area contributed by atoms with Crippen LogP contribution in [0.5, 0.6) is 0 Å². The standard InChI is InChI=1S/C26H26N2O2S/c1-19-16-23(20(2)28(19)18-22-12-7-4-8-13-22)17-24-25(29)27(26(30)31-24)15-9-14-21-10-5-3-6-11-21/h3-8,10-13,16-17H,9,14-15,18H2,1-2H3/b24-17+. The Balaban J connectivity index is 1.46. The summed E-state index contributed by atoms with van der Waals surface area (Å²) in [4.78, 5) is 27.2. The molecule has 1 aliphatic rings. The Morgan fingerprint density at radius 1 is 0.903 bits per heavy atom. The first-order valence-electron chi connectivity index (χ1n) is 10.5. The Kier molecular flexibility index (Phi) is 6.42. The van der Waals surface area contributed by atoms with Crippen molar-refractivity contribution in [1.29, 1.82) is 0 Å². The first-order valence-corrected chi connectivity index (χ1v) is 11.3. The zero-order valence-electron chi connectivity index (χ0n) is 17.9. The molecule has 0 N–H and O–H groups in total. The van der Waals surface area contributed by atoms with Crippen LogP contribution < -0.4 is 0 Å². The van der Waals surface area contributed by atoms with Crippen molar-refractivity contribution in [3.05, 3.63) is 99.7 Å². The van der Waals surface area contributed by atoms with E-state index < -0.39 is 0 Å². The van der Waals surface area contributed by atoms with E-state index in [1.54, 1.807) is 0 Å². The summed E-state index contributed by atoms with van der Waals surface area (Å²) in [5.74, 6) is -0.184. The fraction of sp³-hybridized carbons (Fsp3) is 0.231. The van der Waals surface area contributed by atoms with Gasteiger partial charge in [-0.05, 0) is 67.3 Å². The fourth-order valence-corrected chi connectivity index (χ4v) is 4.76. The number of rotatable bonds is 7. The number of thioether (sulfide) groups is 1. The molecule has 1 fully saturated rings. The van der Waals surface area contributed by atoms with Crippen molar-refractivity contribution in [3.63, 3.8) is 0 Å². The number of amides is 2. The van der Waals surface area contributed by atoms with Gasteiger partial charge in [0.25, 0.3) is 11.1 Å². The molecule has 0 aliphatic carbocycles. The van der Waals surface area contributed by atoms with Crippen LogP contribution in [-0.4, -0.2) is 27.2 Å². The van der Waals surface area contributed by atoms with Gasteiger partial charge in [0.15, 0.2) is 0 Å². The highest BCUT2D eigenvalue weighted by molar-refractivity contribution is 8.18. The Morgan fingerprint density at radius 3 is 2.23 bits per heavy atom. The first-order chi connectivity index (χ1) is 15.0. The van der Waals surface area contributed by atoms with Gasteiger partial charge >= 0.3 is 0 Å². The molecule has 0 spiro atoms. The highest BCUT2D eigenvalue weighted by Gasteiger charge is 2.34. The van der Waals surface area contributed by atoms with E-state index >= 15 is 0 Å². The van der Waals surface area contributed by atoms with E-state index in [1.165, 1.54) is 16.0 Å². The third-order valence-electron chi connectivity index (χ3n) is 5.65. The third-order valence-corrected chi connectivity index (χ3v) is 6.55. The minimum atomic E-state index is -0.184. The summed E-state index contributed by atoms with van der Waals surface area (Å²) in [6, 6.07) is 22.5. The number of hydrogen-bond acceptors (Lipinski definition) is 3. The molecule has 0 unspecified atom stereocenters.